The van der Waals surface area contributed by atoms with Crippen molar-refractivity contribution in [2.75, 3.05) is 7.11 Å². The molecule has 160 valence electrons. The van der Waals surface area contributed by atoms with Gasteiger partial charge in [-0.1, -0.05) is 6.92 Å². The van der Waals surface area contributed by atoms with Gasteiger partial charge in [0.15, 0.2) is 12.2 Å². The number of carbonyl (C=O) groups is 3. The SMILES string of the molecule is COC(=O)[C@H]1O[C@@H](Oc2ccc(CO)c(O)c2)[C@H](OC(C)=O)[C@@H](OC(C)=O)[C@@H]1C. The number of methoxy groups -OCH3 is 1. The molecule has 1 aliphatic heterocycles. The molecule has 2 N–H and O–H groups in total. The van der Waals surface area contributed by atoms with E-state index in [2.05, 4.69) is 0 Å². The maximum absolute atomic E-state index is 12.2. The molecule has 29 heavy (non-hydrogen) atoms. The number of carbonyl (C=O) groups excluding carboxylic acids is 3. The van der Waals surface area contributed by atoms with Crippen LogP contribution in [-0.2, 0) is 39.9 Å². The predicted octanol–water partition coefficient (Wildman–Crippen LogP) is 0.661. The number of aliphatic hydroxyl groups is 1. The first kappa shape index (κ1) is 22.4. The molecule has 1 aromatic carbocycles. The minimum atomic E-state index is -1.34. The average molecular weight is 412 g/mol. The third kappa shape index (κ3) is 5.36. The average Bonchev–Trinajstić information content (AvgIpc) is 2.65. The molecule has 10 heteroatoms. The normalized spacial score (nSPS) is 26.3. The number of rotatable bonds is 6. The van der Waals surface area contributed by atoms with Crippen LogP contribution in [0.2, 0.25) is 0 Å². The van der Waals surface area contributed by atoms with Gasteiger partial charge in [0.05, 0.1) is 13.7 Å². The second-order valence-corrected chi connectivity index (χ2v) is 6.52. The molecule has 1 aliphatic rings. The van der Waals surface area contributed by atoms with Crippen LogP contribution >= 0.6 is 0 Å². The lowest BCUT2D eigenvalue weighted by Crippen LogP contribution is -2.60. The van der Waals surface area contributed by atoms with E-state index in [0.717, 1.165) is 0 Å². The summed E-state index contributed by atoms with van der Waals surface area (Å²) in [5.74, 6) is -2.86. The molecule has 0 spiro atoms. The molecular weight excluding hydrogens is 388 g/mol. The zero-order chi connectivity index (χ0) is 21.7. The van der Waals surface area contributed by atoms with Crippen LogP contribution in [-0.4, -0.2) is 59.8 Å². The molecule has 1 saturated heterocycles. The van der Waals surface area contributed by atoms with E-state index in [0.29, 0.717) is 0 Å². The molecule has 1 heterocycles. The zero-order valence-electron chi connectivity index (χ0n) is 16.5. The standard InChI is InChI=1S/C19H24O10/c1-9-15(26-10(2)21)17(27-11(3)22)19(29-16(9)18(24)25-4)28-13-6-5-12(8-20)14(23)7-13/h5-7,9,15-17,19-20,23H,8H2,1-4H3/t9-,15-,16-,17+,19+/m0/s1. The highest BCUT2D eigenvalue weighted by Gasteiger charge is 2.52. The molecule has 0 unspecified atom stereocenters. The zero-order valence-corrected chi connectivity index (χ0v) is 16.5. The van der Waals surface area contributed by atoms with Gasteiger partial charge in [0.25, 0.3) is 0 Å². The van der Waals surface area contributed by atoms with Gasteiger partial charge >= 0.3 is 17.9 Å². The highest BCUT2D eigenvalue weighted by molar-refractivity contribution is 5.75. The van der Waals surface area contributed by atoms with Crippen molar-refractivity contribution in [3.8, 4) is 11.5 Å². The maximum atomic E-state index is 12.2. The quantitative estimate of drug-likeness (QED) is 0.506. The Balaban J connectivity index is 2.39. The Morgan fingerprint density at radius 3 is 2.24 bits per heavy atom. The molecule has 0 radical (unpaired) electrons. The van der Waals surface area contributed by atoms with Crippen LogP contribution in [0, 0.1) is 5.92 Å². The highest BCUT2D eigenvalue weighted by Crippen LogP contribution is 2.33. The molecule has 10 nitrogen and oxygen atoms in total. The molecule has 1 aromatic rings. The Bertz CT molecular complexity index is 761. The summed E-state index contributed by atoms with van der Waals surface area (Å²) in [6, 6.07) is 4.11. The van der Waals surface area contributed by atoms with Crippen LogP contribution in [0.15, 0.2) is 18.2 Å². The predicted molar refractivity (Wildman–Crippen MR) is 95.6 cm³/mol. The first-order valence-electron chi connectivity index (χ1n) is 8.85. The van der Waals surface area contributed by atoms with Crippen LogP contribution in [0.3, 0.4) is 0 Å². The lowest BCUT2D eigenvalue weighted by molar-refractivity contribution is -0.266. The van der Waals surface area contributed by atoms with Crippen molar-refractivity contribution in [2.45, 2.75) is 52.0 Å². The van der Waals surface area contributed by atoms with Gasteiger partial charge in [-0.25, -0.2) is 4.79 Å². The van der Waals surface area contributed by atoms with Crippen LogP contribution in [0.25, 0.3) is 0 Å². The van der Waals surface area contributed by atoms with Crippen molar-refractivity contribution in [2.24, 2.45) is 5.92 Å². The summed E-state index contributed by atoms with van der Waals surface area (Å²) in [4.78, 5) is 35.4. The van der Waals surface area contributed by atoms with Crippen molar-refractivity contribution in [1.82, 2.24) is 0 Å². The molecule has 0 saturated carbocycles. The first-order valence-corrected chi connectivity index (χ1v) is 8.85. The summed E-state index contributed by atoms with van der Waals surface area (Å²) in [6.45, 7) is 3.56. The fourth-order valence-electron chi connectivity index (χ4n) is 3.02. The van der Waals surface area contributed by atoms with Gasteiger partial charge in [-0.15, -0.1) is 0 Å². The lowest BCUT2D eigenvalue weighted by atomic mass is 9.90. The third-order valence-electron chi connectivity index (χ3n) is 4.39. The van der Waals surface area contributed by atoms with Gasteiger partial charge in [0, 0.05) is 31.4 Å². The van der Waals surface area contributed by atoms with Crippen LogP contribution < -0.4 is 4.74 Å². The van der Waals surface area contributed by atoms with E-state index >= 15 is 0 Å². The summed E-state index contributed by atoms with van der Waals surface area (Å²) in [5, 5.41) is 19.1. The third-order valence-corrected chi connectivity index (χ3v) is 4.39. The Kier molecular flexibility index (Phi) is 7.40. The van der Waals surface area contributed by atoms with Crippen LogP contribution in [0.4, 0.5) is 0 Å². The number of hydrogen-bond donors (Lipinski definition) is 2. The van der Waals surface area contributed by atoms with Crippen molar-refractivity contribution < 1.29 is 48.3 Å². The van der Waals surface area contributed by atoms with Gasteiger partial charge in [0.2, 0.25) is 12.4 Å². The van der Waals surface area contributed by atoms with E-state index in [1.165, 1.54) is 39.2 Å². The molecule has 2 rings (SSSR count). The van der Waals surface area contributed by atoms with Gasteiger partial charge in [-0.05, 0) is 12.1 Å². The number of aromatic hydroxyl groups is 1. The molecular formula is C19H24O10. The number of hydrogen-bond acceptors (Lipinski definition) is 10. The van der Waals surface area contributed by atoms with Crippen LogP contribution in [0.1, 0.15) is 26.3 Å². The lowest BCUT2D eigenvalue weighted by Gasteiger charge is -2.42. The molecule has 0 amide bonds. The second-order valence-electron chi connectivity index (χ2n) is 6.52. The Morgan fingerprint density at radius 1 is 1.10 bits per heavy atom. The van der Waals surface area contributed by atoms with E-state index in [-0.39, 0.29) is 23.7 Å². The van der Waals surface area contributed by atoms with Crippen molar-refractivity contribution in [3.05, 3.63) is 23.8 Å². The summed E-state index contributed by atoms with van der Waals surface area (Å²) in [5.41, 5.74) is 0.275. The first-order chi connectivity index (χ1) is 13.7. The molecule has 1 fully saturated rings. The minimum absolute atomic E-state index is 0.113. The number of aliphatic hydroxyl groups excluding tert-OH is 1. The van der Waals surface area contributed by atoms with E-state index in [9.17, 15) is 19.5 Å². The molecule has 0 aromatic heterocycles. The van der Waals surface area contributed by atoms with Crippen LogP contribution in [0.5, 0.6) is 11.5 Å². The number of esters is 3. The Morgan fingerprint density at radius 2 is 1.72 bits per heavy atom. The van der Waals surface area contributed by atoms with E-state index in [1.807, 2.05) is 0 Å². The fraction of sp³-hybridized carbons (Fsp3) is 0.526. The maximum Gasteiger partial charge on any atom is 0.335 e. The van der Waals surface area contributed by atoms with Gasteiger partial charge < -0.3 is 33.9 Å². The van der Waals surface area contributed by atoms with Crippen molar-refractivity contribution in [3.63, 3.8) is 0 Å². The highest BCUT2D eigenvalue weighted by atomic mass is 16.7. The topological polar surface area (TPSA) is 138 Å². The summed E-state index contributed by atoms with van der Waals surface area (Å²) >= 11 is 0. The van der Waals surface area contributed by atoms with E-state index in [1.54, 1.807) is 6.92 Å². The van der Waals surface area contributed by atoms with Gasteiger partial charge in [0.1, 0.15) is 11.5 Å². The van der Waals surface area contributed by atoms with Crippen molar-refractivity contribution >= 4 is 17.9 Å². The monoisotopic (exact) mass is 412 g/mol. The minimum Gasteiger partial charge on any atom is -0.507 e. The molecule has 0 aliphatic carbocycles. The summed E-state index contributed by atoms with van der Waals surface area (Å²) in [6.07, 6.45) is -4.74. The van der Waals surface area contributed by atoms with E-state index < -0.39 is 48.4 Å². The number of ether oxygens (including phenoxy) is 5. The summed E-state index contributed by atoms with van der Waals surface area (Å²) in [7, 11) is 1.18. The van der Waals surface area contributed by atoms with Gasteiger partial charge in [-0.2, -0.15) is 0 Å². The molecule has 0 bridgehead atoms. The number of benzene rings is 1. The summed E-state index contributed by atoms with van der Waals surface area (Å²) < 4.78 is 26.7. The Hall–Kier alpha value is -2.85. The second kappa shape index (κ2) is 9.57. The van der Waals surface area contributed by atoms with E-state index in [4.69, 9.17) is 28.8 Å². The number of phenols is 1. The fourth-order valence-corrected chi connectivity index (χ4v) is 3.02. The Labute approximate surface area is 167 Å². The largest absolute Gasteiger partial charge is 0.507 e. The smallest absolute Gasteiger partial charge is 0.335 e. The van der Waals surface area contributed by atoms with Gasteiger partial charge in [-0.3, -0.25) is 9.59 Å². The van der Waals surface area contributed by atoms with Crippen molar-refractivity contribution in [1.29, 1.82) is 0 Å². The molecule has 5 atom stereocenters.